The molecule has 106 valence electrons. The SMILES string of the molecule is CC(=O)Nn1cc(C[C@@H]2CCCN2C)c2ccccc21. The van der Waals surface area contributed by atoms with Gasteiger partial charge in [-0.1, -0.05) is 18.2 Å². The Labute approximate surface area is 119 Å². The largest absolute Gasteiger partial charge is 0.303 e. The van der Waals surface area contributed by atoms with Gasteiger partial charge in [0.05, 0.1) is 5.52 Å². The quantitative estimate of drug-likeness (QED) is 0.930. The monoisotopic (exact) mass is 271 g/mol. The van der Waals surface area contributed by atoms with Gasteiger partial charge in [0, 0.05) is 24.5 Å². The van der Waals surface area contributed by atoms with Crippen LogP contribution in [-0.4, -0.2) is 35.1 Å². The summed E-state index contributed by atoms with van der Waals surface area (Å²) < 4.78 is 1.85. The molecule has 0 aliphatic carbocycles. The summed E-state index contributed by atoms with van der Waals surface area (Å²) in [6.45, 7) is 2.73. The van der Waals surface area contributed by atoms with Crippen LogP contribution in [0.4, 0.5) is 0 Å². The van der Waals surface area contributed by atoms with Crippen LogP contribution in [0.5, 0.6) is 0 Å². The number of likely N-dealkylation sites (tertiary alicyclic amines) is 1. The molecule has 1 amide bonds. The third kappa shape index (κ3) is 2.43. The lowest BCUT2D eigenvalue weighted by atomic mass is 10.0. The first-order valence-corrected chi connectivity index (χ1v) is 7.22. The van der Waals surface area contributed by atoms with Gasteiger partial charge in [-0.15, -0.1) is 0 Å². The molecule has 2 aromatic rings. The van der Waals surface area contributed by atoms with Gasteiger partial charge in [-0.3, -0.25) is 14.9 Å². The number of aromatic nitrogens is 1. The van der Waals surface area contributed by atoms with Crippen LogP contribution < -0.4 is 5.43 Å². The van der Waals surface area contributed by atoms with E-state index in [1.54, 1.807) is 6.92 Å². The van der Waals surface area contributed by atoms with Crippen LogP contribution in [0.2, 0.25) is 0 Å². The second kappa shape index (κ2) is 5.29. The van der Waals surface area contributed by atoms with Crippen molar-refractivity contribution in [2.75, 3.05) is 19.0 Å². The number of hydrogen-bond acceptors (Lipinski definition) is 2. The Kier molecular flexibility index (Phi) is 3.49. The molecule has 1 N–H and O–H groups in total. The zero-order valence-electron chi connectivity index (χ0n) is 12.1. The van der Waals surface area contributed by atoms with Gasteiger partial charge in [0.2, 0.25) is 5.91 Å². The van der Waals surface area contributed by atoms with E-state index in [4.69, 9.17) is 0 Å². The summed E-state index contributed by atoms with van der Waals surface area (Å²) in [5.41, 5.74) is 5.25. The van der Waals surface area contributed by atoms with Crippen LogP contribution in [-0.2, 0) is 11.2 Å². The molecular formula is C16H21N3O. The normalized spacial score (nSPS) is 19.6. The molecule has 0 unspecified atom stereocenters. The lowest BCUT2D eigenvalue weighted by Crippen LogP contribution is -2.26. The summed E-state index contributed by atoms with van der Waals surface area (Å²) in [6, 6.07) is 8.87. The van der Waals surface area contributed by atoms with Gasteiger partial charge in [-0.05, 0) is 44.5 Å². The fourth-order valence-electron chi connectivity index (χ4n) is 3.17. The van der Waals surface area contributed by atoms with Gasteiger partial charge in [0.25, 0.3) is 0 Å². The molecule has 1 fully saturated rings. The Hall–Kier alpha value is -1.81. The van der Waals surface area contributed by atoms with Gasteiger partial charge in [-0.2, -0.15) is 0 Å². The van der Waals surface area contributed by atoms with Crippen molar-refractivity contribution in [3.63, 3.8) is 0 Å². The summed E-state index contributed by atoms with van der Waals surface area (Å²) in [4.78, 5) is 13.8. The van der Waals surface area contributed by atoms with E-state index >= 15 is 0 Å². The maximum absolute atomic E-state index is 11.3. The van der Waals surface area contributed by atoms with E-state index in [0.29, 0.717) is 6.04 Å². The number of nitrogens with one attached hydrogen (secondary N) is 1. The van der Waals surface area contributed by atoms with Crippen LogP contribution in [0.15, 0.2) is 30.5 Å². The van der Waals surface area contributed by atoms with Gasteiger partial charge in [-0.25, -0.2) is 0 Å². The number of hydrogen-bond donors (Lipinski definition) is 1. The topological polar surface area (TPSA) is 37.3 Å². The van der Waals surface area contributed by atoms with E-state index in [0.717, 1.165) is 11.9 Å². The second-order valence-corrected chi connectivity index (χ2v) is 5.69. The van der Waals surface area contributed by atoms with E-state index in [-0.39, 0.29) is 5.91 Å². The molecule has 1 atom stereocenters. The van der Waals surface area contributed by atoms with Crippen LogP contribution in [0.3, 0.4) is 0 Å². The van der Waals surface area contributed by atoms with E-state index < -0.39 is 0 Å². The molecule has 0 bridgehead atoms. The number of nitrogens with zero attached hydrogens (tertiary/aromatic N) is 2. The van der Waals surface area contributed by atoms with E-state index in [1.165, 1.54) is 30.3 Å². The first-order valence-electron chi connectivity index (χ1n) is 7.22. The zero-order valence-corrected chi connectivity index (χ0v) is 12.1. The predicted octanol–water partition coefficient (Wildman–Crippen LogP) is 2.37. The molecule has 4 heteroatoms. The number of benzene rings is 1. The van der Waals surface area contributed by atoms with Crippen molar-refractivity contribution in [2.24, 2.45) is 0 Å². The average molecular weight is 271 g/mol. The summed E-state index contributed by atoms with van der Waals surface area (Å²) >= 11 is 0. The second-order valence-electron chi connectivity index (χ2n) is 5.69. The first-order chi connectivity index (χ1) is 9.65. The summed E-state index contributed by atoms with van der Waals surface area (Å²) in [5, 5.41) is 1.24. The summed E-state index contributed by atoms with van der Waals surface area (Å²) in [7, 11) is 2.20. The number of rotatable bonds is 3. The average Bonchev–Trinajstić information content (AvgIpc) is 2.96. The van der Waals surface area contributed by atoms with E-state index in [2.05, 4.69) is 35.7 Å². The van der Waals surface area contributed by atoms with Crippen molar-refractivity contribution in [1.82, 2.24) is 9.58 Å². The first kappa shape index (κ1) is 13.2. The standard InChI is InChI=1S/C16H21N3O/c1-12(20)17-19-11-13(10-14-6-5-9-18(14)2)15-7-3-4-8-16(15)19/h3-4,7-8,11,14H,5-6,9-10H2,1-2H3,(H,17,20)/t14-/m0/s1. The Morgan fingerprint density at radius 3 is 2.90 bits per heavy atom. The Balaban J connectivity index is 1.95. The highest BCUT2D eigenvalue weighted by Crippen LogP contribution is 2.25. The van der Waals surface area contributed by atoms with Crippen LogP contribution in [0, 0.1) is 0 Å². The van der Waals surface area contributed by atoms with Gasteiger partial charge < -0.3 is 4.90 Å². The number of fused-ring (bicyclic) bond motifs is 1. The minimum absolute atomic E-state index is 0.0460. The third-order valence-corrected chi connectivity index (χ3v) is 4.20. The van der Waals surface area contributed by atoms with Crippen LogP contribution in [0.25, 0.3) is 10.9 Å². The van der Waals surface area contributed by atoms with Crippen molar-refractivity contribution in [1.29, 1.82) is 0 Å². The van der Waals surface area contributed by atoms with Crippen molar-refractivity contribution in [3.05, 3.63) is 36.0 Å². The number of para-hydroxylation sites is 1. The highest BCUT2D eigenvalue weighted by molar-refractivity contribution is 5.88. The molecule has 4 nitrogen and oxygen atoms in total. The van der Waals surface area contributed by atoms with E-state index in [1.807, 2.05) is 16.8 Å². The van der Waals surface area contributed by atoms with Crippen molar-refractivity contribution >= 4 is 16.8 Å². The molecular weight excluding hydrogens is 250 g/mol. The molecule has 2 heterocycles. The lowest BCUT2D eigenvalue weighted by Gasteiger charge is -2.18. The molecule has 1 aliphatic heterocycles. The van der Waals surface area contributed by atoms with Gasteiger partial charge in [0.1, 0.15) is 0 Å². The molecule has 0 spiro atoms. The Morgan fingerprint density at radius 2 is 2.20 bits per heavy atom. The zero-order chi connectivity index (χ0) is 14.1. The number of carbonyl (C=O) groups is 1. The van der Waals surface area contributed by atoms with Gasteiger partial charge >= 0.3 is 0 Å². The fourth-order valence-corrected chi connectivity index (χ4v) is 3.17. The maximum Gasteiger partial charge on any atom is 0.235 e. The molecule has 1 saturated heterocycles. The smallest absolute Gasteiger partial charge is 0.235 e. The van der Waals surface area contributed by atoms with Crippen LogP contribution in [0.1, 0.15) is 25.3 Å². The highest BCUT2D eigenvalue weighted by atomic mass is 16.2. The predicted molar refractivity (Wildman–Crippen MR) is 81.3 cm³/mol. The molecule has 1 aliphatic rings. The lowest BCUT2D eigenvalue weighted by molar-refractivity contribution is -0.115. The molecule has 1 aromatic heterocycles. The maximum atomic E-state index is 11.3. The minimum atomic E-state index is -0.0460. The van der Waals surface area contributed by atoms with Crippen molar-refractivity contribution in [2.45, 2.75) is 32.2 Å². The number of carbonyl (C=O) groups excluding carboxylic acids is 1. The van der Waals surface area contributed by atoms with Crippen molar-refractivity contribution in [3.8, 4) is 0 Å². The molecule has 20 heavy (non-hydrogen) atoms. The highest BCUT2D eigenvalue weighted by Gasteiger charge is 2.22. The Morgan fingerprint density at radius 1 is 1.40 bits per heavy atom. The summed E-state index contributed by atoms with van der Waals surface area (Å²) in [5.74, 6) is -0.0460. The molecule has 3 rings (SSSR count). The fraction of sp³-hybridized carbons (Fsp3) is 0.438. The van der Waals surface area contributed by atoms with Gasteiger partial charge in [0.15, 0.2) is 0 Å². The summed E-state index contributed by atoms with van der Waals surface area (Å²) in [6.07, 6.45) is 5.66. The van der Waals surface area contributed by atoms with E-state index in [9.17, 15) is 4.79 Å². The molecule has 0 radical (unpaired) electrons. The minimum Gasteiger partial charge on any atom is -0.303 e. The van der Waals surface area contributed by atoms with Crippen molar-refractivity contribution < 1.29 is 4.79 Å². The van der Waals surface area contributed by atoms with Crippen LogP contribution >= 0.6 is 0 Å². The number of likely N-dealkylation sites (N-methyl/N-ethyl adjacent to an activating group) is 1. The Bertz CT molecular complexity index is 632. The third-order valence-electron chi connectivity index (χ3n) is 4.20. The molecule has 1 aromatic carbocycles. The molecule has 0 saturated carbocycles. The number of amides is 1.